The predicted molar refractivity (Wildman–Crippen MR) is 94.9 cm³/mol. The molecule has 1 heterocycles. The lowest BCUT2D eigenvalue weighted by molar-refractivity contribution is -0.113. The van der Waals surface area contributed by atoms with Crippen LogP contribution in [0.25, 0.3) is 6.08 Å². The molecule has 22 heavy (non-hydrogen) atoms. The zero-order valence-corrected chi connectivity index (χ0v) is 13.4. The monoisotopic (exact) mass is 327 g/mol. The zero-order valence-electron chi connectivity index (χ0n) is 11.8. The van der Waals surface area contributed by atoms with Crippen molar-refractivity contribution in [1.29, 1.82) is 0 Å². The summed E-state index contributed by atoms with van der Waals surface area (Å²) >= 11 is 6.63. The van der Waals surface area contributed by atoms with Crippen molar-refractivity contribution < 1.29 is 9.90 Å². The van der Waals surface area contributed by atoms with Crippen molar-refractivity contribution in [3.8, 4) is 5.75 Å². The molecule has 0 aliphatic carbocycles. The molecule has 0 aromatic heterocycles. The highest BCUT2D eigenvalue weighted by Gasteiger charge is 2.33. The van der Waals surface area contributed by atoms with Crippen LogP contribution >= 0.6 is 24.0 Å². The van der Waals surface area contributed by atoms with Crippen molar-refractivity contribution in [2.24, 2.45) is 0 Å². The average molecular weight is 327 g/mol. The van der Waals surface area contributed by atoms with Gasteiger partial charge in [-0.3, -0.25) is 9.69 Å². The number of nitrogens with zero attached hydrogens (tertiary/aromatic N) is 1. The molecule has 1 aliphatic rings. The fourth-order valence-electron chi connectivity index (χ4n) is 2.26. The molecule has 5 heteroatoms. The lowest BCUT2D eigenvalue weighted by Crippen LogP contribution is -2.28. The number of amides is 1. The molecule has 3 rings (SSSR count). The number of hydrogen-bond acceptors (Lipinski definition) is 4. The number of aryl methyl sites for hydroxylation is 1. The number of thiocarbonyl (C=S) groups is 1. The van der Waals surface area contributed by atoms with Crippen molar-refractivity contribution in [3.63, 3.8) is 0 Å². The predicted octanol–water partition coefficient (Wildman–Crippen LogP) is 4.11. The number of rotatable bonds is 2. The Balaban J connectivity index is 1.97. The number of aromatic hydroxyl groups is 1. The SMILES string of the molecule is Cc1ccccc1N1C(=O)C(=Cc2cccc(O)c2)SC1=S. The summed E-state index contributed by atoms with van der Waals surface area (Å²) in [4.78, 5) is 14.8. The van der Waals surface area contributed by atoms with Gasteiger partial charge in [0.05, 0.1) is 10.6 Å². The van der Waals surface area contributed by atoms with Crippen LogP contribution < -0.4 is 4.90 Å². The van der Waals surface area contributed by atoms with Crippen LogP contribution in [-0.2, 0) is 4.79 Å². The molecule has 0 saturated carbocycles. The minimum Gasteiger partial charge on any atom is -0.508 e. The molecule has 0 bridgehead atoms. The summed E-state index contributed by atoms with van der Waals surface area (Å²) in [5.74, 6) is 0.0378. The standard InChI is InChI=1S/C17H13NO2S2/c1-11-5-2-3-8-14(11)18-16(20)15(22-17(18)21)10-12-6-4-7-13(19)9-12/h2-10,19H,1H3. The van der Waals surface area contributed by atoms with Gasteiger partial charge in [-0.1, -0.05) is 54.3 Å². The lowest BCUT2D eigenvalue weighted by atomic mass is 10.1. The Morgan fingerprint density at radius 2 is 1.95 bits per heavy atom. The first-order chi connectivity index (χ1) is 10.6. The molecule has 1 saturated heterocycles. The van der Waals surface area contributed by atoms with Crippen molar-refractivity contribution in [2.45, 2.75) is 6.92 Å². The number of thioether (sulfide) groups is 1. The highest BCUT2D eigenvalue weighted by atomic mass is 32.2. The first-order valence-electron chi connectivity index (χ1n) is 6.69. The van der Waals surface area contributed by atoms with E-state index in [-0.39, 0.29) is 11.7 Å². The number of benzene rings is 2. The number of anilines is 1. The summed E-state index contributed by atoms with van der Waals surface area (Å²) in [6.45, 7) is 1.95. The highest BCUT2D eigenvalue weighted by Crippen LogP contribution is 2.37. The fourth-order valence-corrected chi connectivity index (χ4v) is 3.54. The van der Waals surface area contributed by atoms with E-state index in [1.165, 1.54) is 11.8 Å². The number of carbonyl (C=O) groups is 1. The largest absolute Gasteiger partial charge is 0.508 e. The van der Waals surface area contributed by atoms with Gasteiger partial charge in [0, 0.05) is 0 Å². The summed E-state index contributed by atoms with van der Waals surface area (Å²) in [7, 11) is 0. The van der Waals surface area contributed by atoms with Crippen LogP contribution in [0.3, 0.4) is 0 Å². The van der Waals surface area contributed by atoms with Crippen LogP contribution in [0.1, 0.15) is 11.1 Å². The van der Waals surface area contributed by atoms with Crippen LogP contribution in [0.2, 0.25) is 0 Å². The summed E-state index contributed by atoms with van der Waals surface area (Å²) in [5, 5.41) is 9.51. The maximum absolute atomic E-state index is 12.6. The van der Waals surface area contributed by atoms with E-state index in [1.807, 2.05) is 37.3 Å². The number of para-hydroxylation sites is 1. The Bertz CT molecular complexity index is 799. The van der Waals surface area contributed by atoms with Gasteiger partial charge in [0.2, 0.25) is 0 Å². The van der Waals surface area contributed by atoms with E-state index in [9.17, 15) is 9.90 Å². The van der Waals surface area contributed by atoms with Crippen LogP contribution in [0.15, 0.2) is 53.4 Å². The smallest absolute Gasteiger partial charge is 0.270 e. The van der Waals surface area contributed by atoms with E-state index in [0.717, 1.165) is 16.8 Å². The maximum Gasteiger partial charge on any atom is 0.270 e. The topological polar surface area (TPSA) is 40.5 Å². The third-order valence-corrected chi connectivity index (χ3v) is 4.62. The fraction of sp³-hybridized carbons (Fsp3) is 0.0588. The van der Waals surface area contributed by atoms with Gasteiger partial charge < -0.3 is 5.11 Å². The van der Waals surface area contributed by atoms with Crippen LogP contribution in [-0.4, -0.2) is 15.3 Å². The first kappa shape index (κ1) is 14.8. The summed E-state index contributed by atoms with van der Waals surface area (Å²) in [6, 6.07) is 14.4. The van der Waals surface area contributed by atoms with E-state index < -0.39 is 0 Å². The molecule has 2 aromatic carbocycles. The number of hydrogen-bond donors (Lipinski definition) is 1. The van der Waals surface area contributed by atoms with Crippen LogP contribution in [0.5, 0.6) is 5.75 Å². The van der Waals surface area contributed by atoms with Crippen molar-refractivity contribution in [1.82, 2.24) is 0 Å². The van der Waals surface area contributed by atoms with Gasteiger partial charge in [0.25, 0.3) is 5.91 Å². The Hall–Kier alpha value is -2.11. The van der Waals surface area contributed by atoms with E-state index >= 15 is 0 Å². The molecule has 0 unspecified atom stereocenters. The van der Waals surface area contributed by atoms with Gasteiger partial charge >= 0.3 is 0 Å². The van der Waals surface area contributed by atoms with Gasteiger partial charge in [0.1, 0.15) is 5.75 Å². The molecule has 2 aromatic rings. The minimum atomic E-state index is -0.132. The zero-order chi connectivity index (χ0) is 15.7. The van der Waals surface area contributed by atoms with Crippen LogP contribution in [0.4, 0.5) is 5.69 Å². The van der Waals surface area contributed by atoms with Gasteiger partial charge in [-0.15, -0.1) is 0 Å². The molecule has 110 valence electrons. The van der Waals surface area contributed by atoms with Crippen LogP contribution in [0, 0.1) is 6.92 Å². The normalized spacial score (nSPS) is 16.6. The van der Waals surface area contributed by atoms with Gasteiger partial charge in [0.15, 0.2) is 4.32 Å². The van der Waals surface area contributed by atoms with Gasteiger partial charge in [-0.25, -0.2) is 0 Å². The van der Waals surface area contributed by atoms with E-state index in [1.54, 1.807) is 29.2 Å². The number of phenols is 1. The molecule has 0 atom stereocenters. The van der Waals surface area contributed by atoms with Crippen molar-refractivity contribution >= 4 is 46.0 Å². The molecule has 0 radical (unpaired) electrons. The second-order valence-corrected chi connectivity index (χ2v) is 6.57. The third kappa shape index (κ3) is 2.77. The molecular formula is C17H13NO2S2. The molecule has 1 N–H and O–H groups in total. The Labute approximate surface area is 138 Å². The number of phenolic OH excluding ortho intramolecular Hbond substituents is 1. The quantitative estimate of drug-likeness (QED) is 0.666. The van der Waals surface area contributed by atoms with Gasteiger partial charge in [-0.2, -0.15) is 0 Å². The second-order valence-electron chi connectivity index (χ2n) is 4.90. The van der Waals surface area contributed by atoms with Crippen molar-refractivity contribution in [3.05, 3.63) is 64.6 Å². The maximum atomic E-state index is 12.6. The highest BCUT2D eigenvalue weighted by molar-refractivity contribution is 8.27. The first-order valence-corrected chi connectivity index (χ1v) is 7.91. The number of carbonyl (C=O) groups excluding carboxylic acids is 1. The summed E-state index contributed by atoms with van der Waals surface area (Å²) in [5.41, 5.74) is 2.58. The molecule has 3 nitrogen and oxygen atoms in total. The van der Waals surface area contributed by atoms with E-state index in [4.69, 9.17) is 12.2 Å². The Kier molecular flexibility index (Phi) is 4.00. The third-order valence-electron chi connectivity index (χ3n) is 3.32. The molecular weight excluding hydrogens is 314 g/mol. The molecule has 1 fully saturated rings. The van der Waals surface area contributed by atoms with Crippen molar-refractivity contribution in [2.75, 3.05) is 4.90 Å². The minimum absolute atomic E-state index is 0.132. The molecule has 0 spiro atoms. The summed E-state index contributed by atoms with van der Waals surface area (Å²) < 4.78 is 0.519. The molecule has 1 amide bonds. The molecule has 1 aliphatic heterocycles. The van der Waals surface area contributed by atoms with Gasteiger partial charge in [-0.05, 0) is 42.3 Å². The average Bonchev–Trinajstić information content (AvgIpc) is 2.74. The lowest BCUT2D eigenvalue weighted by Gasteiger charge is -2.16. The second kappa shape index (κ2) is 5.94. The van der Waals surface area contributed by atoms with E-state index in [2.05, 4.69) is 0 Å². The Morgan fingerprint density at radius 1 is 1.18 bits per heavy atom. The summed E-state index contributed by atoms with van der Waals surface area (Å²) in [6.07, 6.45) is 1.75. The van der Waals surface area contributed by atoms with E-state index in [0.29, 0.717) is 9.23 Å². The Morgan fingerprint density at radius 3 is 2.68 bits per heavy atom.